The molecule has 4 N–H and O–H groups in total. The third-order valence-corrected chi connectivity index (χ3v) is 25.6. The molecular weight excluding hydrogens is 1760 g/mol. The maximum Gasteiger partial charge on any atom is 0.350 e. The highest BCUT2D eigenvalue weighted by molar-refractivity contribution is 7.18. The Morgan fingerprint density at radius 1 is 0.368 bits per heavy atom. The number of aliphatic hydroxyl groups excluding tert-OH is 3. The molecule has 9 aromatic carbocycles. The molecule has 0 spiro atoms. The molecule has 6 aliphatic heterocycles. The van der Waals surface area contributed by atoms with E-state index in [1.807, 2.05) is 112 Å². The molecular formula is C101H88N6O23S3. The van der Waals surface area contributed by atoms with Gasteiger partial charge in [0.15, 0.2) is 15.4 Å². The number of carboxylic acid groups (broad SMARTS) is 1. The van der Waals surface area contributed by atoms with Crippen molar-refractivity contribution >= 4 is 126 Å². The molecule has 678 valence electrons. The summed E-state index contributed by atoms with van der Waals surface area (Å²) in [6, 6.07) is 62.6. The van der Waals surface area contributed by atoms with Crippen molar-refractivity contribution < 1.29 is 111 Å². The summed E-state index contributed by atoms with van der Waals surface area (Å²) >= 11 is 2.84. The molecule has 32 heteroatoms. The summed E-state index contributed by atoms with van der Waals surface area (Å²) in [6.45, 7) is 12.8. The van der Waals surface area contributed by atoms with Gasteiger partial charge in [0.05, 0.1) is 73.3 Å². The summed E-state index contributed by atoms with van der Waals surface area (Å²) in [7, 11) is 3.78. The molecule has 9 heterocycles. The van der Waals surface area contributed by atoms with Crippen molar-refractivity contribution in [2.45, 2.75) is 124 Å². The Labute approximate surface area is 775 Å². The monoisotopic (exact) mass is 1850 g/mol. The van der Waals surface area contributed by atoms with E-state index in [0.717, 1.165) is 91.6 Å². The largest absolute Gasteiger partial charge is 0.507 e. The zero-order valence-corrected chi connectivity index (χ0v) is 75.9. The van der Waals surface area contributed by atoms with Gasteiger partial charge in [-0.1, -0.05) is 161 Å². The summed E-state index contributed by atoms with van der Waals surface area (Å²) in [4.78, 5) is 146. The number of fused-ring (bicyclic) bond motifs is 3. The third-order valence-electron chi connectivity index (χ3n) is 22.2. The topological polar surface area (TPSA) is 383 Å². The highest BCUT2D eigenvalue weighted by Gasteiger charge is 2.52. The van der Waals surface area contributed by atoms with Gasteiger partial charge < -0.3 is 63.1 Å². The first-order chi connectivity index (χ1) is 64.0. The minimum atomic E-state index is -1.04. The van der Waals surface area contributed by atoms with Crippen LogP contribution in [-0.4, -0.2) is 134 Å². The first-order valence-corrected chi connectivity index (χ1v) is 44.4. The number of amides is 3. The van der Waals surface area contributed by atoms with Crippen molar-refractivity contribution in [2.75, 3.05) is 36.0 Å². The lowest BCUT2D eigenvalue weighted by Crippen LogP contribution is -2.29. The van der Waals surface area contributed by atoms with Crippen LogP contribution in [0.2, 0.25) is 0 Å². The molecule has 0 bridgehead atoms. The molecule has 133 heavy (non-hydrogen) atoms. The van der Waals surface area contributed by atoms with Crippen molar-refractivity contribution in [1.82, 2.24) is 15.0 Å². The van der Waals surface area contributed by atoms with Crippen molar-refractivity contribution in [3.05, 3.63) is 334 Å². The number of rotatable bonds is 21. The number of carbonyl (C=O) groups is 10. The number of aliphatic carboxylic acids is 1. The molecule has 12 aromatic rings. The van der Waals surface area contributed by atoms with Crippen LogP contribution >= 0.6 is 34.0 Å². The van der Waals surface area contributed by atoms with E-state index in [1.165, 1.54) is 36.0 Å². The average Bonchev–Trinajstić information content (AvgIpc) is 1.60. The first-order valence-electron chi connectivity index (χ1n) is 42.0. The fourth-order valence-corrected chi connectivity index (χ4v) is 19.1. The number of esters is 3. The fourth-order valence-electron chi connectivity index (χ4n) is 16.1. The molecule has 3 amide bonds. The van der Waals surface area contributed by atoms with E-state index >= 15 is 0 Å². The van der Waals surface area contributed by atoms with Crippen molar-refractivity contribution in [1.29, 1.82) is 0 Å². The van der Waals surface area contributed by atoms with E-state index in [4.69, 9.17) is 52.5 Å². The summed E-state index contributed by atoms with van der Waals surface area (Å²) in [5, 5.41) is 42.7. The molecule has 3 saturated heterocycles. The Kier molecular flexibility index (Phi) is 27.7. The van der Waals surface area contributed by atoms with Gasteiger partial charge in [0.1, 0.15) is 105 Å². The van der Waals surface area contributed by atoms with E-state index in [-0.39, 0.29) is 82.3 Å². The molecule has 0 aliphatic carbocycles. The van der Waals surface area contributed by atoms with E-state index in [1.54, 1.807) is 148 Å². The molecule has 29 nitrogen and oxygen atoms in total. The first kappa shape index (κ1) is 92.3. The van der Waals surface area contributed by atoms with Crippen molar-refractivity contribution in [3.63, 3.8) is 0 Å². The number of Topliss-reactive ketones (excluding diaryl/α,β-unsaturated/α-hetero) is 3. The fraction of sp³-hybridized carbons (Fsp3) is 0.218. The van der Waals surface area contributed by atoms with Gasteiger partial charge in [0.2, 0.25) is 0 Å². The number of anilines is 3. The lowest BCUT2D eigenvalue weighted by Gasteiger charge is -2.23. The Hall–Kier alpha value is -15.4. The van der Waals surface area contributed by atoms with Crippen LogP contribution in [0.5, 0.6) is 34.5 Å². The highest BCUT2D eigenvalue weighted by atomic mass is 32.1. The summed E-state index contributed by atoms with van der Waals surface area (Å²) < 4.78 is 50.1. The van der Waals surface area contributed by atoms with E-state index in [9.17, 15) is 58.5 Å². The molecule has 6 atom stereocenters. The average molecular weight is 1850 g/mol. The Bertz CT molecular complexity index is 6080. The number of ether oxygens (including phenoxy) is 9. The number of benzene rings is 9. The number of hydrogen-bond donors (Lipinski definition) is 4. The number of carboxylic acids is 1. The number of thiazole rings is 3. The number of aryl methyl sites for hydroxylation is 3. The maximum absolute atomic E-state index is 13.7. The van der Waals surface area contributed by atoms with Crippen molar-refractivity contribution in [2.24, 2.45) is 0 Å². The normalized spacial score (nSPS) is 18.4. The zero-order valence-electron chi connectivity index (χ0n) is 73.4. The van der Waals surface area contributed by atoms with Gasteiger partial charge in [-0.05, 0) is 183 Å². The summed E-state index contributed by atoms with van der Waals surface area (Å²) in [6.07, 6.45) is 1.95. The molecule has 3 aromatic heterocycles. The van der Waals surface area contributed by atoms with Crippen LogP contribution in [0.15, 0.2) is 235 Å². The van der Waals surface area contributed by atoms with Gasteiger partial charge in [-0.3, -0.25) is 48.3 Å². The molecule has 0 radical (unpaired) electrons. The van der Waals surface area contributed by atoms with Crippen LogP contribution < -0.4 is 43.1 Å². The number of nitrogens with zero attached hydrogens (tertiary/aromatic N) is 6. The minimum absolute atomic E-state index is 0.00579. The van der Waals surface area contributed by atoms with Crippen LogP contribution in [0, 0.1) is 20.8 Å². The van der Waals surface area contributed by atoms with Crippen LogP contribution in [0.4, 0.5) is 15.4 Å². The van der Waals surface area contributed by atoms with Gasteiger partial charge in [0.25, 0.3) is 23.3 Å². The Morgan fingerprint density at radius 3 is 0.872 bits per heavy atom. The second-order valence-corrected chi connectivity index (χ2v) is 34.6. The highest BCUT2D eigenvalue weighted by Crippen LogP contribution is 2.50. The standard InChI is InChI=1S/3C33H28N2O7S.C2H4O2/c3*1-18-14-23-15-22(12-13-25(23)42-18)28(36)26-27(21-10-7-11-24(16-21)41-17-20-8-5-4-6-9-20)35(31(38)29(26)37)33-34-19(2)30(43-33)32(39)40-3;1-2(3)4/h3*4-13,15-16,18,27,36H,14,17H2,1-3H3;1H3,(H,3,4). The number of ketones is 3. The number of aromatic nitrogens is 3. The van der Waals surface area contributed by atoms with Gasteiger partial charge in [0, 0.05) is 42.9 Å². The SMILES string of the molecule is CC(=O)O.COC(=O)c1sc(N2C(=O)C(=O)C(=C(O)c3ccc4c(c3)CC(C)O4)C2c2cccc(OCc3ccccc3)c2)nc1C.COC(=O)c1sc(N2C(=O)C(=O)C(=C(O)c3ccc4c(c3)CC(C)O4)C2c2cccc(OCc3ccccc3)c2)nc1C.COC(=O)c1sc(N2C(=O)C(=O)C(=C(O)c3ccc4c(c3)CC(C)O4)C2c2cccc(OCc3ccccc3)c2)nc1C. The second-order valence-electron chi connectivity index (χ2n) is 31.6. The Morgan fingerprint density at radius 2 is 0.624 bits per heavy atom. The number of hydrogen-bond acceptors (Lipinski definition) is 28. The van der Waals surface area contributed by atoms with E-state index in [2.05, 4.69) is 15.0 Å². The predicted molar refractivity (Wildman–Crippen MR) is 495 cm³/mol. The van der Waals surface area contributed by atoms with Gasteiger partial charge in [-0.2, -0.15) is 0 Å². The van der Waals surface area contributed by atoms with Crippen LogP contribution in [0.3, 0.4) is 0 Å². The Balaban J connectivity index is 0.000000149. The number of methoxy groups -OCH3 is 3. The molecule has 3 fully saturated rings. The summed E-state index contributed by atoms with van der Waals surface area (Å²) in [5.41, 5.74) is 9.17. The number of aliphatic hydroxyl groups is 3. The van der Waals surface area contributed by atoms with Crippen LogP contribution in [0.1, 0.15) is 159 Å². The molecule has 18 rings (SSSR count). The lowest BCUT2D eigenvalue weighted by atomic mass is 9.94. The minimum Gasteiger partial charge on any atom is -0.507 e. The third kappa shape index (κ3) is 19.7. The molecule has 6 aliphatic rings. The zero-order chi connectivity index (χ0) is 94.3. The van der Waals surface area contributed by atoms with E-state index in [0.29, 0.717) is 107 Å². The van der Waals surface area contributed by atoms with Gasteiger partial charge in [-0.15, -0.1) is 0 Å². The van der Waals surface area contributed by atoms with Crippen LogP contribution in [-0.2, 0) is 86.9 Å². The van der Waals surface area contributed by atoms with Gasteiger partial charge >= 0.3 is 35.6 Å². The summed E-state index contributed by atoms with van der Waals surface area (Å²) in [5.74, 6) is -5.07. The maximum atomic E-state index is 13.7. The van der Waals surface area contributed by atoms with Gasteiger partial charge in [-0.25, -0.2) is 29.3 Å². The van der Waals surface area contributed by atoms with Crippen molar-refractivity contribution in [3.8, 4) is 34.5 Å². The second kappa shape index (κ2) is 39.9. The van der Waals surface area contributed by atoms with E-state index < -0.39 is 77.1 Å². The molecule has 0 saturated carbocycles. The predicted octanol–water partition coefficient (Wildman–Crippen LogP) is 17.4. The molecule has 6 unspecified atom stereocenters. The quantitative estimate of drug-likeness (QED) is 0.0171. The lowest BCUT2D eigenvalue weighted by molar-refractivity contribution is -0.134. The number of carbonyl (C=O) groups excluding carboxylic acids is 9. The smallest absolute Gasteiger partial charge is 0.350 e. The van der Waals surface area contributed by atoms with Crippen LogP contribution in [0.25, 0.3) is 17.3 Å².